The Morgan fingerprint density at radius 1 is 1.24 bits per heavy atom. The number of carbonyl (C=O) groups is 2. The first-order valence-corrected chi connectivity index (χ1v) is 7.49. The summed E-state index contributed by atoms with van der Waals surface area (Å²) in [7, 11) is 1.49. The van der Waals surface area contributed by atoms with E-state index in [-0.39, 0.29) is 17.9 Å². The van der Waals surface area contributed by atoms with Gasteiger partial charge in [-0.1, -0.05) is 0 Å². The molecule has 1 saturated heterocycles. The van der Waals surface area contributed by atoms with Crippen LogP contribution in [0.3, 0.4) is 0 Å². The number of carbonyl (C=O) groups excluding carboxylic acids is 2. The summed E-state index contributed by atoms with van der Waals surface area (Å²) in [6.45, 7) is 0.116. The third-order valence-electron chi connectivity index (χ3n) is 4.11. The van der Waals surface area contributed by atoms with Gasteiger partial charge < -0.3 is 10.2 Å². The topological polar surface area (TPSA) is 62.3 Å². The van der Waals surface area contributed by atoms with Crippen LogP contribution in [0.5, 0.6) is 0 Å². The van der Waals surface area contributed by atoms with E-state index >= 15 is 0 Å². The SMILES string of the molecule is CN1C[C@H](c2cc(F)cc(F)c2)[C@@H](C(=O)Nc2ncccc2F)C1=O. The highest BCUT2D eigenvalue weighted by atomic mass is 19.1. The summed E-state index contributed by atoms with van der Waals surface area (Å²) in [6, 6.07) is 5.36. The van der Waals surface area contributed by atoms with Gasteiger partial charge in [0, 0.05) is 31.8 Å². The zero-order valence-corrected chi connectivity index (χ0v) is 13.2. The van der Waals surface area contributed by atoms with Crippen molar-refractivity contribution in [1.29, 1.82) is 0 Å². The number of nitrogens with zero attached hydrogens (tertiary/aromatic N) is 2. The van der Waals surface area contributed by atoms with Crippen LogP contribution >= 0.6 is 0 Å². The minimum atomic E-state index is -1.23. The largest absolute Gasteiger partial charge is 0.344 e. The molecule has 2 amide bonds. The molecule has 25 heavy (non-hydrogen) atoms. The summed E-state index contributed by atoms with van der Waals surface area (Å²) in [5.41, 5.74) is 0.192. The number of hydrogen-bond donors (Lipinski definition) is 1. The summed E-state index contributed by atoms with van der Waals surface area (Å²) in [5, 5.41) is 2.27. The maximum absolute atomic E-state index is 13.7. The summed E-state index contributed by atoms with van der Waals surface area (Å²) in [5.74, 6) is -5.92. The van der Waals surface area contributed by atoms with Crippen molar-refractivity contribution in [1.82, 2.24) is 9.88 Å². The fourth-order valence-electron chi connectivity index (χ4n) is 2.95. The van der Waals surface area contributed by atoms with Crippen LogP contribution in [-0.4, -0.2) is 35.3 Å². The lowest BCUT2D eigenvalue weighted by Gasteiger charge is -2.17. The molecule has 130 valence electrons. The molecule has 2 atom stereocenters. The predicted octanol–water partition coefficient (Wildman–Crippen LogP) is 2.31. The molecule has 1 aliphatic rings. The molecule has 2 heterocycles. The van der Waals surface area contributed by atoms with E-state index in [1.165, 1.54) is 24.2 Å². The summed E-state index contributed by atoms with van der Waals surface area (Å²) in [6.07, 6.45) is 1.29. The van der Waals surface area contributed by atoms with Crippen molar-refractivity contribution in [3.05, 3.63) is 59.5 Å². The molecule has 8 heteroatoms. The molecule has 1 aromatic carbocycles. The molecule has 5 nitrogen and oxygen atoms in total. The van der Waals surface area contributed by atoms with Gasteiger partial charge in [-0.2, -0.15) is 0 Å². The zero-order valence-electron chi connectivity index (χ0n) is 13.2. The number of nitrogens with one attached hydrogen (secondary N) is 1. The first-order chi connectivity index (χ1) is 11.9. The van der Waals surface area contributed by atoms with Crippen LogP contribution in [0, 0.1) is 23.4 Å². The van der Waals surface area contributed by atoms with Gasteiger partial charge in [0.05, 0.1) is 0 Å². The van der Waals surface area contributed by atoms with Crippen LogP contribution in [0.2, 0.25) is 0 Å². The summed E-state index contributed by atoms with van der Waals surface area (Å²) < 4.78 is 40.7. The molecular weight excluding hydrogens is 335 g/mol. The monoisotopic (exact) mass is 349 g/mol. The molecule has 0 aliphatic carbocycles. The second kappa shape index (κ2) is 6.54. The molecule has 0 radical (unpaired) electrons. The number of aromatic nitrogens is 1. The fraction of sp³-hybridized carbons (Fsp3) is 0.235. The van der Waals surface area contributed by atoms with E-state index in [0.717, 1.165) is 18.2 Å². The van der Waals surface area contributed by atoms with Crippen molar-refractivity contribution in [3.63, 3.8) is 0 Å². The highest BCUT2D eigenvalue weighted by Crippen LogP contribution is 2.34. The molecule has 0 saturated carbocycles. The van der Waals surface area contributed by atoms with Gasteiger partial charge in [-0.25, -0.2) is 18.2 Å². The predicted molar refractivity (Wildman–Crippen MR) is 83.1 cm³/mol. The van der Waals surface area contributed by atoms with Crippen LogP contribution < -0.4 is 5.32 Å². The van der Waals surface area contributed by atoms with Gasteiger partial charge in [-0.05, 0) is 29.8 Å². The molecular formula is C17H14F3N3O2. The molecule has 3 rings (SSSR count). The Morgan fingerprint density at radius 2 is 1.92 bits per heavy atom. The molecule has 0 bridgehead atoms. The van der Waals surface area contributed by atoms with Crippen molar-refractivity contribution in [2.45, 2.75) is 5.92 Å². The van der Waals surface area contributed by atoms with Gasteiger partial charge in [-0.3, -0.25) is 9.59 Å². The number of hydrogen-bond acceptors (Lipinski definition) is 3. The maximum atomic E-state index is 13.7. The van der Waals surface area contributed by atoms with E-state index in [1.807, 2.05) is 0 Å². The third-order valence-corrected chi connectivity index (χ3v) is 4.11. The normalized spacial score (nSPS) is 20.0. The minimum Gasteiger partial charge on any atom is -0.344 e. The number of likely N-dealkylation sites (tertiary alicyclic amines) is 1. The summed E-state index contributed by atoms with van der Waals surface area (Å²) >= 11 is 0. The molecule has 1 aromatic heterocycles. The quantitative estimate of drug-likeness (QED) is 0.865. The van der Waals surface area contributed by atoms with E-state index in [0.29, 0.717) is 6.07 Å². The molecule has 1 N–H and O–H groups in total. The van der Waals surface area contributed by atoms with E-state index in [9.17, 15) is 22.8 Å². The Bertz CT molecular complexity index is 823. The highest BCUT2D eigenvalue weighted by molar-refractivity contribution is 6.08. The molecule has 2 aromatic rings. The van der Waals surface area contributed by atoms with Gasteiger partial charge >= 0.3 is 0 Å². The van der Waals surface area contributed by atoms with Crippen molar-refractivity contribution < 1.29 is 22.8 Å². The van der Waals surface area contributed by atoms with Crippen LogP contribution in [0.25, 0.3) is 0 Å². The zero-order chi connectivity index (χ0) is 18.1. The number of benzene rings is 1. The summed E-state index contributed by atoms with van der Waals surface area (Å²) in [4.78, 5) is 29.9. The van der Waals surface area contributed by atoms with Crippen molar-refractivity contribution >= 4 is 17.6 Å². The number of likely N-dealkylation sites (N-methyl/N-ethyl adjacent to an activating group) is 1. The minimum absolute atomic E-state index is 0.116. The van der Waals surface area contributed by atoms with Crippen molar-refractivity contribution in [2.24, 2.45) is 5.92 Å². The van der Waals surface area contributed by atoms with Gasteiger partial charge in [-0.15, -0.1) is 0 Å². The second-order valence-corrected chi connectivity index (χ2v) is 5.83. The second-order valence-electron chi connectivity index (χ2n) is 5.83. The first-order valence-electron chi connectivity index (χ1n) is 7.49. The van der Waals surface area contributed by atoms with Gasteiger partial charge in [0.2, 0.25) is 11.8 Å². The standard InChI is InChI=1S/C17H14F3N3O2/c1-23-8-12(9-5-10(18)7-11(19)6-9)14(17(23)25)16(24)22-15-13(20)3-2-4-21-15/h2-7,12,14H,8H2,1H3,(H,21,22,24)/t12-,14+/m1/s1. The van der Waals surface area contributed by atoms with Crippen LogP contribution in [0.4, 0.5) is 19.0 Å². The van der Waals surface area contributed by atoms with Gasteiger partial charge in [0.15, 0.2) is 11.6 Å². The van der Waals surface area contributed by atoms with E-state index in [2.05, 4.69) is 10.3 Å². The lowest BCUT2D eigenvalue weighted by molar-refractivity contribution is -0.135. The molecule has 0 spiro atoms. The Balaban J connectivity index is 1.92. The average molecular weight is 349 g/mol. The van der Waals surface area contributed by atoms with Crippen molar-refractivity contribution in [3.8, 4) is 0 Å². The van der Waals surface area contributed by atoms with Gasteiger partial charge in [0.1, 0.15) is 17.6 Å². The third kappa shape index (κ3) is 3.33. The molecule has 1 fully saturated rings. The van der Waals surface area contributed by atoms with Crippen LogP contribution in [0.15, 0.2) is 36.5 Å². The highest BCUT2D eigenvalue weighted by Gasteiger charge is 2.44. The Morgan fingerprint density at radius 3 is 2.56 bits per heavy atom. The molecule has 0 unspecified atom stereocenters. The number of rotatable bonds is 3. The number of anilines is 1. The molecule has 1 aliphatic heterocycles. The lowest BCUT2D eigenvalue weighted by Crippen LogP contribution is -2.33. The van der Waals surface area contributed by atoms with Crippen LogP contribution in [0.1, 0.15) is 11.5 Å². The smallest absolute Gasteiger partial charge is 0.238 e. The Hall–Kier alpha value is -2.90. The average Bonchev–Trinajstić information content (AvgIpc) is 2.84. The van der Waals surface area contributed by atoms with E-state index in [4.69, 9.17) is 0 Å². The fourth-order valence-corrected chi connectivity index (χ4v) is 2.95. The van der Waals surface area contributed by atoms with Crippen LogP contribution in [-0.2, 0) is 9.59 Å². The number of pyridine rings is 1. The Labute approximate surface area is 141 Å². The number of amides is 2. The van der Waals surface area contributed by atoms with Crippen molar-refractivity contribution in [2.75, 3.05) is 18.9 Å². The maximum Gasteiger partial charge on any atom is 0.238 e. The van der Waals surface area contributed by atoms with E-state index in [1.54, 1.807) is 0 Å². The first kappa shape index (κ1) is 16.9. The lowest BCUT2D eigenvalue weighted by atomic mass is 9.87. The number of halogens is 3. The Kier molecular flexibility index (Phi) is 4.43. The van der Waals surface area contributed by atoms with Gasteiger partial charge in [0.25, 0.3) is 0 Å². The van der Waals surface area contributed by atoms with E-state index < -0.39 is 41.1 Å².